The van der Waals surface area contributed by atoms with Crippen LogP contribution in [0.25, 0.3) is 0 Å². The van der Waals surface area contributed by atoms with Gasteiger partial charge in [-0.15, -0.1) is 0 Å². The normalized spacial score (nSPS) is 17.6. The van der Waals surface area contributed by atoms with Crippen LogP contribution in [-0.2, 0) is 9.53 Å². The first kappa shape index (κ1) is 15.9. The van der Waals surface area contributed by atoms with E-state index in [1.807, 2.05) is 31.2 Å². The van der Waals surface area contributed by atoms with Gasteiger partial charge in [0.15, 0.2) is 0 Å². The number of carbonyl (C=O) groups is 1. The van der Waals surface area contributed by atoms with Crippen molar-refractivity contribution in [2.24, 2.45) is 0 Å². The van der Waals surface area contributed by atoms with Crippen molar-refractivity contribution in [2.45, 2.75) is 19.4 Å². The Bertz CT molecular complexity index is 459. The summed E-state index contributed by atoms with van der Waals surface area (Å²) in [4.78, 5) is 13.8. The number of carboxylic acids is 1. The Morgan fingerprint density at radius 1 is 1.38 bits per heavy atom. The molecule has 0 spiro atoms. The fourth-order valence-corrected chi connectivity index (χ4v) is 2.61. The summed E-state index contributed by atoms with van der Waals surface area (Å²) in [5.74, 6) is -0.823. The lowest BCUT2D eigenvalue weighted by molar-refractivity contribution is -0.139. The van der Waals surface area contributed by atoms with E-state index in [1.54, 1.807) is 0 Å². The molecule has 21 heavy (non-hydrogen) atoms. The van der Waals surface area contributed by atoms with E-state index in [-0.39, 0.29) is 0 Å². The Labute approximate surface area is 125 Å². The van der Waals surface area contributed by atoms with Gasteiger partial charge in [0.1, 0.15) is 6.04 Å². The van der Waals surface area contributed by atoms with Gasteiger partial charge in [0.2, 0.25) is 0 Å². The Hall–Kier alpha value is -1.43. The molecular formula is C16H24N2O3. The first-order valence-corrected chi connectivity index (χ1v) is 7.50. The first-order valence-electron chi connectivity index (χ1n) is 7.50. The standard InChI is InChI=1S/C16H24N2O3/c1-13-5-2-3-6-14(13)15(16(19)20)17-7-4-8-18-9-11-21-12-10-18/h2-3,5-6,15,17H,4,7-12H2,1H3,(H,19,20). The van der Waals surface area contributed by atoms with Gasteiger partial charge in [0.05, 0.1) is 13.2 Å². The average Bonchev–Trinajstić information content (AvgIpc) is 2.49. The molecule has 0 radical (unpaired) electrons. The maximum absolute atomic E-state index is 11.5. The maximum atomic E-state index is 11.5. The van der Waals surface area contributed by atoms with Crippen molar-refractivity contribution in [3.8, 4) is 0 Å². The maximum Gasteiger partial charge on any atom is 0.325 e. The van der Waals surface area contributed by atoms with Crippen LogP contribution in [0.5, 0.6) is 0 Å². The molecule has 1 saturated heterocycles. The van der Waals surface area contributed by atoms with Crippen LogP contribution >= 0.6 is 0 Å². The van der Waals surface area contributed by atoms with Gasteiger partial charge in [-0.3, -0.25) is 9.69 Å². The highest BCUT2D eigenvalue weighted by Crippen LogP contribution is 2.17. The van der Waals surface area contributed by atoms with Crippen LogP contribution < -0.4 is 5.32 Å². The van der Waals surface area contributed by atoms with Crippen LogP contribution in [-0.4, -0.2) is 55.4 Å². The number of benzene rings is 1. The Morgan fingerprint density at radius 3 is 2.76 bits per heavy atom. The molecule has 0 amide bonds. The smallest absolute Gasteiger partial charge is 0.325 e. The summed E-state index contributed by atoms with van der Waals surface area (Å²) in [6.07, 6.45) is 0.940. The zero-order valence-corrected chi connectivity index (χ0v) is 12.5. The molecule has 1 heterocycles. The zero-order valence-electron chi connectivity index (χ0n) is 12.5. The summed E-state index contributed by atoms with van der Waals surface area (Å²) in [5, 5.41) is 12.6. The minimum Gasteiger partial charge on any atom is -0.480 e. The minimum atomic E-state index is -0.823. The fraction of sp³-hybridized carbons (Fsp3) is 0.562. The predicted molar refractivity (Wildman–Crippen MR) is 81.4 cm³/mol. The van der Waals surface area contributed by atoms with Gasteiger partial charge in [-0.25, -0.2) is 0 Å². The molecule has 1 fully saturated rings. The van der Waals surface area contributed by atoms with E-state index in [0.717, 1.165) is 50.4 Å². The molecule has 1 unspecified atom stereocenters. The molecule has 1 aromatic rings. The predicted octanol–water partition coefficient (Wildman–Crippen LogP) is 1.43. The van der Waals surface area contributed by atoms with Crippen LogP contribution in [0.2, 0.25) is 0 Å². The van der Waals surface area contributed by atoms with E-state index < -0.39 is 12.0 Å². The van der Waals surface area contributed by atoms with Crippen molar-refractivity contribution in [2.75, 3.05) is 39.4 Å². The highest BCUT2D eigenvalue weighted by molar-refractivity contribution is 5.76. The van der Waals surface area contributed by atoms with E-state index in [0.29, 0.717) is 6.54 Å². The molecule has 0 aliphatic carbocycles. The summed E-state index contributed by atoms with van der Waals surface area (Å²) >= 11 is 0. The third-order valence-corrected chi connectivity index (χ3v) is 3.85. The Balaban J connectivity index is 1.81. The number of aliphatic carboxylic acids is 1. The van der Waals surface area contributed by atoms with Gasteiger partial charge in [0, 0.05) is 13.1 Å². The SMILES string of the molecule is Cc1ccccc1C(NCCCN1CCOCC1)C(=O)O. The molecule has 1 aliphatic rings. The highest BCUT2D eigenvalue weighted by atomic mass is 16.5. The van der Waals surface area contributed by atoms with E-state index in [4.69, 9.17) is 4.74 Å². The average molecular weight is 292 g/mol. The van der Waals surface area contributed by atoms with Gasteiger partial charge in [0.25, 0.3) is 0 Å². The summed E-state index contributed by atoms with van der Waals surface area (Å²) < 4.78 is 5.31. The van der Waals surface area contributed by atoms with E-state index >= 15 is 0 Å². The van der Waals surface area contributed by atoms with Gasteiger partial charge >= 0.3 is 5.97 Å². The molecule has 2 N–H and O–H groups in total. The topological polar surface area (TPSA) is 61.8 Å². The summed E-state index contributed by atoms with van der Waals surface area (Å²) in [7, 11) is 0. The molecule has 0 aromatic heterocycles. The van der Waals surface area contributed by atoms with Crippen molar-refractivity contribution < 1.29 is 14.6 Å². The largest absolute Gasteiger partial charge is 0.480 e. The number of aryl methyl sites for hydroxylation is 1. The second kappa shape index (κ2) is 8.12. The van der Waals surface area contributed by atoms with Crippen LogP contribution in [0.15, 0.2) is 24.3 Å². The fourth-order valence-electron chi connectivity index (χ4n) is 2.61. The first-order chi connectivity index (χ1) is 10.2. The van der Waals surface area contributed by atoms with Gasteiger partial charge < -0.3 is 15.2 Å². The van der Waals surface area contributed by atoms with E-state index in [9.17, 15) is 9.90 Å². The molecule has 2 rings (SSSR count). The lowest BCUT2D eigenvalue weighted by Crippen LogP contribution is -2.38. The number of morpholine rings is 1. The number of carboxylic acid groups (broad SMARTS) is 1. The summed E-state index contributed by atoms with van der Waals surface area (Å²) in [5.41, 5.74) is 1.85. The third kappa shape index (κ3) is 4.81. The molecule has 5 nitrogen and oxygen atoms in total. The Morgan fingerprint density at radius 2 is 2.10 bits per heavy atom. The minimum absolute atomic E-state index is 0.629. The van der Waals surface area contributed by atoms with Crippen LogP contribution in [0.4, 0.5) is 0 Å². The monoisotopic (exact) mass is 292 g/mol. The number of rotatable bonds is 7. The zero-order chi connectivity index (χ0) is 15.1. The molecule has 1 aliphatic heterocycles. The Kier molecular flexibility index (Phi) is 6.17. The number of nitrogens with one attached hydrogen (secondary N) is 1. The lowest BCUT2D eigenvalue weighted by Gasteiger charge is -2.26. The summed E-state index contributed by atoms with van der Waals surface area (Å²) in [6.45, 7) is 7.17. The molecule has 116 valence electrons. The van der Waals surface area contributed by atoms with Gasteiger partial charge in [-0.2, -0.15) is 0 Å². The molecular weight excluding hydrogens is 268 g/mol. The van der Waals surface area contributed by atoms with Crippen molar-refractivity contribution in [1.82, 2.24) is 10.2 Å². The molecule has 0 saturated carbocycles. The molecule has 1 atom stereocenters. The quantitative estimate of drug-likeness (QED) is 0.745. The third-order valence-electron chi connectivity index (χ3n) is 3.85. The van der Waals surface area contributed by atoms with Crippen molar-refractivity contribution >= 4 is 5.97 Å². The second-order valence-electron chi connectivity index (χ2n) is 5.39. The second-order valence-corrected chi connectivity index (χ2v) is 5.39. The highest BCUT2D eigenvalue weighted by Gasteiger charge is 2.20. The van der Waals surface area contributed by atoms with Crippen molar-refractivity contribution in [3.05, 3.63) is 35.4 Å². The number of ether oxygens (including phenoxy) is 1. The van der Waals surface area contributed by atoms with E-state index in [1.165, 1.54) is 0 Å². The number of hydrogen-bond donors (Lipinski definition) is 2. The van der Waals surface area contributed by atoms with Gasteiger partial charge in [-0.1, -0.05) is 24.3 Å². The molecule has 1 aromatic carbocycles. The van der Waals surface area contributed by atoms with Crippen molar-refractivity contribution in [1.29, 1.82) is 0 Å². The van der Waals surface area contributed by atoms with Crippen molar-refractivity contribution in [3.63, 3.8) is 0 Å². The molecule has 5 heteroatoms. The van der Waals surface area contributed by atoms with E-state index in [2.05, 4.69) is 10.2 Å². The molecule has 0 bridgehead atoms. The van der Waals surface area contributed by atoms with Crippen LogP contribution in [0.3, 0.4) is 0 Å². The van der Waals surface area contributed by atoms with Crippen LogP contribution in [0, 0.1) is 6.92 Å². The van der Waals surface area contributed by atoms with Gasteiger partial charge in [-0.05, 0) is 37.6 Å². The lowest BCUT2D eigenvalue weighted by atomic mass is 10.0. The van der Waals surface area contributed by atoms with Crippen LogP contribution in [0.1, 0.15) is 23.6 Å². The summed E-state index contributed by atoms with van der Waals surface area (Å²) in [6, 6.07) is 7.00. The number of hydrogen-bond acceptors (Lipinski definition) is 4. The number of nitrogens with zero attached hydrogens (tertiary/aromatic N) is 1.